The lowest BCUT2D eigenvalue weighted by atomic mass is 10.2. The minimum Gasteiger partial charge on any atom is -0.481 e. The van der Waals surface area contributed by atoms with Gasteiger partial charge >= 0.3 is 5.97 Å². The molecule has 0 fully saturated rings. The number of hydrogen-bond donors (Lipinski definition) is 1. The van der Waals surface area contributed by atoms with Gasteiger partial charge in [0.1, 0.15) is 11.9 Å². The van der Waals surface area contributed by atoms with Crippen LogP contribution in [0.5, 0.6) is 0 Å². The number of aryl methyl sites for hydroxylation is 1. The standard InChI is InChI=1S/C11H13N3O2/c1-8-9(7-12)3-4-10(13-8)14(2)6-5-11(15)16/h3-4H,5-6H2,1-2H3,(H,15,16). The molecular weight excluding hydrogens is 206 g/mol. The van der Waals surface area contributed by atoms with Gasteiger partial charge in [0.2, 0.25) is 0 Å². The molecule has 0 unspecified atom stereocenters. The second-order valence-electron chi connectivity index (χ2n) is 3.48. The molecule has 0 atom stereocenters. The van der Waals surface area contributed by atoms with Crippen molar-refractivity contribution < 1.29 is 9.90 Å². The van der Waals surface area contributed by atoms with Crippen molar-refractivity contribution >= 4 is 11.8 Å². The van der Waals surface area contributed by atoms with E-state index in [2.05, 4.69) is 4.98 Å². The Hall–Kier alpha value is -2.09. The molecule has 5 nitrogen and oxygen atoms in total. The first kappa shape index (κ1) is 12.0. The van der Waals surface area contributed by atoms with Crippen molar-refractivity contribution in [1.29, 1.82) is 5.26 Å². The first-order valence-corrected chi connectivity index (χ1v) is 4.85. The van der Waals surface area contributed by atoms with Crippen LogP contribution in [0.2, 0.25) is 0 Å². The van der Waals surface area contributed by atoms with Gasteiger partial charge in [0.25, 0.3) is 0 Å². The first-order chi connectivity index (χ1) is 7.54. The summed E-state index contributed by atoms with van der Waals surface area (Å²) in [6.45, 7) is 2.15. The van der Waals surface area contributed by atoms with Gasteiger partial charge < -0.3 is 10.0 Å². The lowest BCUT2D eigenvalue weighted by molar-refractivity contribution is -0.136. The largest absolute Gasteiger partial charge is 0.481 e. The van der Waals surface area contributed by atoms with Crippen LogP contribution in [0.25, 0.3) is 0 Å². The van der Waals surface area contributed by atoms with Gasteiger partial charge in [0.15, 0.2) is 0 Å². The van der Waals surface area contributed by atoms with Crippen LogP contribution in [-0.4, -0.2) is 29.7 Å². The maximum absolute atomic E-state index is 10.4. The molecular formula is C11H13N3O2. The molecule has 0 aliphatic rings. The summed E-state index contributed by atoms with van der Waals surface area (Å²) in [5, 5.41) is 17.3. The summed E-state index contributed by atoms with van der Waals surface area (Å²) < 4.78 is 0. The number of aromatic nitrogens is 1. The van der Waals surface area contributed by atoms with Crippen molar-refractivity contribution in [3.63, 3.8) is 0 Å². The molecule has 0 spiro atoms. The van der Waals surface area contributed by atoms with Crippen molar-refractivity contribution in [2.45, 2.75) is 13.3 Å². The van der Waals surface area contributed by atoms with Crippen molar-refractivity contribution in [1.82, 2.24) is 4.98 Å². The van der Waals surface area contributed by atoms with Gasteiger partial charge in [0.05, 0.1) is 17.7 Å². The quantitative estimate of drug-likeness (QED) is 0.822. The van der Waals surface area contributed by atoms with Gasteiger partial charge in [-0.3, -0.25) is 4.79 Å². The number of carbonyl (C=O) groups is 1. The van der Waals surface area contributed by atoms with Crippen LogP contribution in [0, 0.1) is 18.3 Å². The number of nitrogens with zero attached hydrogens (tertiary/aromatic N) is 3. The summed E-state index contributed by atoms with van der Waals surface area (Å²) in [6, 6.07) is 5.44. The van der Waals surface area contributed by atoms with Crippen LogP contribution < -0.4 is 4.90 Å². The van der Waals surface area contributed by atoms with Crippen LogP contribution in [0.15, 0.2) is 12.1 Å². The second-order valence-corrected chi connectivity index (χ2v) is 3.48. The second kappa shape index (κ2) is 5.12. The van der Waals surface area contributed by atoms with Gasteiger partial charge in [0, 0.05) is 13.6 Å². The van der Waals surface area contributed by atoms with Gasteiger partial charge in [-0.15, -0.1) is 0 Å². The molecule has 1 aromatic heterocycles. The van der Waals surface area contributed by atoms with Gasteiger partial charge in [-0.2, -0.15) is 5.26 Å². The Balaban J connectivity index is 2.77. The summed E-state index contributed by atoms with van der Waals surface area (Å²) in [6.07, 6.45) is 0.0667. The fraction of sp³-hybridized carbons (Fsp3) is 0.364. The van der Waals surface area contributed by atoms with E-state index in [1.54, 1.807) is 31.0 Å². The summed E-state index contributed by atoms with van der Waals surface area (Å²) in [5.74, 6) is -0.157. The third kappa shape index (κ3) is 2.95. The highest BCUT2D eigenvalue weighted by Crippen LogP contribution is 2.13. The molecule has 84 valence electrons. The van der Waals surface area contributed by atoms with Crippen LogP contribution in [-0.2, 0) is 4.79 Å². The van der Waals surface area contributed by atoms with Crippen LogP contribution in [0.1, 0.15) is 17.7 Å². The zero-order valence-corrected chi connectivity index (χ0v) is 9.27. The third-order valence-corrected chi connectivity index (χ3v) is 2.24. The molecule has 0 aliphatic heterocycles. The number of hydrogen-bond acceptors (Lipinski definition) is 4. The highest BCUT2D eigenvalue weighted by atomic mass is 16.4. The minimum atomic E-state index is -0.836. The Morgan fingerprint density at radius 3 is 2.81 bits per heavy atom. The predicted octanol–water partition coefficient (Wildman–Crippen LogP) is 1.17. The van der Waals surface area contributed by atoms with E-state index in [4.69, 9.17) is 10.4 Å². The summed E-state index contributed by atoms with van der Waals surface area (Å²) in [7, 11) is 1.77. The average Bonchev–Trinajstić information content (AvgIpc) is 2.25. The highest BCUT2D eigenvalue weighted by molar-refractivity contribution is 5.67. The third-order valence-electron chi connectivity index (χ3n) is 2.24. The molecule has 0 amide bonds. The van der Waals surface area contributed by atoms with Crippen molar-refractivity contribution in [2.75, 3.05) is 18.5 Å². The van der Waals surface area contributed by atoms with Crippen molar-refractivity contribution in [3.05, 3.63) is 23.4 Å². The zero-order chi connectivity index (χ0) is 12.1. The Morgan fingerprint density at radius 1 is 1.62 bits per heavy atom. The van der Waals surface area contributed by atoms with E-state index in [1.807, 2.05) is 6.07 Å². The maximum Gasteiger partial charge on any atom is 0.305 e. The smallest absolute Gasteiger partial charge is 0.305 e. The first-order valence-electron chi connectivity index (χ1n) is 4.85. The Morgan fingerprint density at radius 2 is 2.31 bits per heavy atom. The maximum atomic E-state index is 10.4. The van der Waals surface area contributed by atoms with Crippen molar-refractivity contribution in [3.8, 4) is 6.07 Å². The van der Waals surface area contributed by atoms with E-state index in [0.717, 1.165) is 0 Å². The zero-order valence-electron chi connectivity index (χ0n) is 9.27. The number of anilines is 1. The van der Waals surface area contributed by atoms with Crippen LogP contribution >= 0.6 is 0 Å². The molecule has 0 bridgehead atoms. The van der Waals surface area contributed by atoms with E-state index in [-0.39, 0.29) is 6.42 Å². The molecule has 1 heterocycles. The van der Waals surface area contributed by atoms with Crippen LogP contribution in [0.4, 0.5) is 5.82 Å². The summed E-state index contributed by atoms with van der Waals surface area (Å²) in [4.78, 5) is 16.4. The Kier molecular flexibility index (Phi) is 3.84. The Labute approximate surface area is 93.9 Å². The van der Waals surface area contributed by atoms with E-state index >= 15 is 0 Å². The lowest BCUT2D eigenvalue weighted by Crippen LogP contribution is -2.22. The molecule has 1 rings (SSSR count). The number of nitriles is 1. The van der Waals surface area contributed by atoms with E-state index in [9.17, 15) is 4.79 Å². The molecule has 0 saturated heterocycles. The normalized spacial score (nSPS) is 9.56. The number of carboxylic acid groups (broad SMARTS) is 1. The summed E-state index contributed by atoms with van der Waals surface area (Å²) >= 11 is 0. The molecule has 0 radical (unpaired) electrons. The SMILES string of the molecule is Cc1nc(N(C)CCC(=O)O)ccc1C#N. The van der Waals surface area contributed by atoms with Gasteiger partial charge in [-0.25, -0.2) is 4.98 Å². The topological polar surface area (TPSA) is 77.2 Å². The molecule has 16 heavy (non-hydrogen) atoms. The van der Waals surface area contributed by atoms with Gasteiger partial charge in [-0.1, -0.05) is 0 Å². The van der Waals surface area contributed by atoms with E-state index < -0.39 is 5.97 Å². The van der Waals surface area contributed by atoms with Crippen molar-refractivity contribution in [2.24, 2.45) is 0 Å². The van der Waals surface area contributed by atoms with E-state index in [0.29, 0.717) is 23.6 Å². The fourth-order valence-corrected chi connectivity index (χ4v) is 1.26. The minimum absolute atomic E-state index is 0.0667. The number of pyridine rings is 1. The number of aliphatic carboxylic acids is 1. The van der Waals surface area contributed by atoms with Gasteiger partial charge in [-0.05, 0) is 19.1 Å². The molecule has 5 heteroatoms. The van der Waals surface area contributed by atoms with E-state index in [1.165, 1.54) is 0 Å². The van der Waals surface area contributed by atoms with Crippen LogP contribution in [0.3, 0.4) is 0 Å². The highest BCUT2D eigenvalue weighted by Gasteiger charge is 2.07. The Bertz CT molecular complexity index is 437. The molecule has 0 aromatic carbocycles. The predicted molar refractivity (Wildman–Crippen MR) is 59.2 cm³/mol. The lowest BCUT2D eigenvalue weighted by Gasteiger charge is -2.17. The number of rotatable bonds is 4. The summed E-state index contributed by atoms with van der Waals surface area (Å²) in [5.41, 5.74) is 1.19. The molecule has 1 N–H and O–H groups in total. The molecule has 1 aromatic rings. The molecule has 0 aliphatic carbocycles. The monoisotopic (exact) mass is 219 g/mol. The molecule has 0 saturated carbocycles. The fourth-order valence-electron chi connectivity index (χ4n) is 1.26. The average molecular weight is 219 g/mol. The number of carboxylic acids is 1.